The number of hydrogen-bond donors (Lipinski definition) is 0. The van der Waals surface area contributed by atoms with Crippen LogP contribution in [-0.2, 0) is 11.3 Å². The lowest BCUT2D eigenvalue weighted by molar-refractivity contribution is -0.130. The highest BCUT2D eigenvalue weighted by Crippen LogP contribution is 2.29. The van der Waals surface area contributed by atoms with Crippen LogP contribution in [0, 0.1) is 12.7 Å². The molecule has 1 unspecified atom stereocenters. The first-order valence-electron chi connectivity index (χ1n) is 13.5. The zero-order valence-corrected chi connectivity index (χ0v) is 23.6. The number of carbonyl (C=O) groups excluding carboxylic acids is 2. The molecule has 2 amide bonds. The predicted octanol–water partition coefficient (Wildman–Crippen LogP) is 4.94. The summed E-state index contributed by atoms with van der Waals surface area (Å²) in [6.07, 6.45) is 0. The maximum Gasteiger partial charge on any atom is 0.257 e. The Morgan fingerprint density at radius 1 is 1.00 bits per heavy atom. The summed E-state index contributed by atoms with van der Waals surface area (Å²) in [7, 11) is 0. The predicted molar refractivity (Wildman–Crippen MR) is 157 cm³/mol. The Bertz CT molecular complexity index is 1760. The molecule has 0 N–H and O–H groups in total. The Kier molecular flexibility index (Phi) is 7.40. The molecule has 0 spiro atoms. The molecule has 0 saturated carbocycles. The summed E-state index contributed by atoms with van der Waals surface area (Å²) in [5.41, 5.74) is 4.83. The van der Waals surface area contributed by atoms with Crippen molar-refractivity contribution in [1.29, 1.82) is 0 Å². The quantitative estimate of drug-likeness (QED) is 0.270. The summed E-state index contributed by atoms with van der Waals surface area (Å²) < 4.78 is 16.3. The van der Waals surface area contributed by atoms with Crippen LogP contribution in [0.1, 0.15) is 28.4 Å². The largest absolute Gasteiger partial charge is 0.338 e. The molecule has 1 aliphatic heterocycles. The third kappa shape index (κ3) is 5.39. The first-order chi connectivity index (χ1) is 19.9. The molecule has 41 heavy (non-hydrogen) atoms. The van der Waals surface area contributed by atoms with Crippen LogP contribution in [0.3, 0.4) is 0 Å². The van der Waals surface area contributed by atoms with Gasteiger partial charge in [0, 0.05) is 37.6 Å². The van der Waals surface area contributed by atoms with E-state index in [1.807, 2.05) is 32.0 Å². The van der Waals surface area contributed by atoms with Crippen LogP contribution in [0.25, 0.3) is 22.1 Å². The van der Waals surface area contributed by atoms with Crippen LogP contribution in [0.15, 0.2) is 78.0 Å². The Labute approximate surface area is 241 Å². The summed E-state index contributed by atoms with van der Waals surface area (Å²) in [6, 6.07) is 22.2. The molecule has 2 aromatic heterocycles. The molecule has 0 aliphatic carbocycles. The molecule has 1 fully saturated rings. The fraction of sp³-hybridized carbons (Fsp3) is 0.258. The Balaban J connectivity index is 1.17. The number of halogens is 1. The molecule has 3 aromatic carbocycles. The number of hydrogen-bond acceptors (Lipinski definition) is 6. The maximum absolute atomic E-state index is 14.2. The van der Waals surface area contributed by atoms with E-state index in [0.29, 0.717) is 31.3 Å². The number of thioether (sulfide) groups is 1. The van der Waals surface area contributed by atoms with Crippen molar-refractivity contribution in [3.63, 3.8) is 0 Å². The number of benzene rings is 3. The Hall–Kier alpha value is -4.31. The first-order valence-corrected chi connectivity index (χ1v) is 14.5. The minimum absolute atomic E-state index is 0.0505. The lowest BCUT2D eigenvalue weighted by Crippen LogP contribution is -2.55. The van der Waals surface area contributed by atoms with Gasteiger partial charge in [-0.3, -0.25) is 9.59 Å². The molecular formula is C31H29FN6O2S. The number of aryl methyl sites for hydroxylation is 1. The minimum Gasteiger partial charge on any atom is -0.338 e. The second-order valence-corrected chi connectivity index (χ2v) is 11.3. The van der Waals surface area contributed by atoms with Gasteiger partial charge in [0.2, 0.25) is 11.1 Å². The fourth-order valence-electron chi connectivity index (χ4n) is 5.33. The lowest BCUT2D eigenvalue weighted by atomic mass is 10.1. The van der Waals surface area contributed by atoms with Gasteiger partial charge in [0.25, 0.3) is 5.91 Å². The molecule has 6 rings (SSSR count). The van der Waals surface area contributed by atoms with E-state index in [0.717, 1.165) is 33.2 Å². The van der Waals surface area contributed by atoms with Crippen molar-refractivity contribution < 1.29 is 14.0 Å². The minimum atomic E-state index is -0.539. The van der Waals surface area contributed by atoms with E-state index < -0.39 is 5.82 Å². The van der Waals surface area contributed by atoms with Crippen LogP contribution >= 0.6 is 11.8 Å². The molecule has 1 saturated heterocycles. The van der Waals surface area contributed by atoms with Gasteiger partial charge in [-0.05, 0) is 43.7 Å². The maximum atomic E-state index is 14.2. The second-order valence-electron chi connectivity index (χ2n) is 10.3. The molecule has 10 heteroatoms. The number of nitrogens with zero attached hydrogens (tertiary/aromatic N) is 6. The summed E-state index contributed by atoms with van der Waals surface area (Å²) in [6.45, 7) is 5.66. The summed E-state index contributed by atoms with van der Waals surface area (Å²) in [5, 5.41) is 10.3. The van der Waals surface area contributed by atoms with Crippen molar-refractivity contribution in [3.8, 4) is 0 Å². The van der Waals surface area contributed by atoms with Crippen molar-refractivity contribution in [2.24, 2.45) is 0 Å². The molecule has 8 nitrogen and oxygen atoms in total. The third-order valence-corrected chi connectivity index (χ3v) is 8.28. The van der Waals surface area contributed by atoms with Gasteiger partial charge in [0.1, 0.15) is 11.3 Å². The van der Waals surface area contributed by atoms with E-state index in [1.54, 1.807) is 21.9 Å². The number of piperazine rings is 1. The highest BCUT2D eigenvalue weighted by atomic mass is 32.2. The molecular weight excluding hydrogens is 539 g/mol. The van der Waals surface area contributed by atoms with Crippen LogP contribution in [-0.4, -0.2) is 72.8 Å². The summed E-state index contributed by atoms with van der Waals surface area (Å²) in [4.78, 5) is 34.2. The van der Waals surface area contributed by atoms with E-state index >= 15 is 0 Å². The van der Waals surface area contributed by atoms with Gasteiger partial charge in [-0.25, -0.2) is 9.37 Å². The van der Waals surface area contributed by atoms with Gasteiger partial charge in [-0.15, -0.1) is 10.2 Å². The molecule has 5 aromatic rings. The average molecular weight is 569 g/mol. The molecule has 1 atom stereocenters. The highest BCUT2D eigenvalue weighted by Gasteiger charge is 2.31. The van der Waals surface area contributed by atoms with Crippen molar-refractivity contribution in [1.82, 2.24) is 29.5 Å². The van der Waals surface area contributed by atoms with E-state index in [-0.39, 0.29) is 29.2 Å². The van der Waals surface area contributed by atoms with Crippen LogP contribution < -0.4 is 0 Å². The van der Waals surface area contributed by atoms with Gasteiger partial charge in [0.05, 0.1) is 16.8 Å². The van der Waals surface area contributed by atoms with Crippen LogP contribution in [0.2, 0.25) is 0 Å². The summed E-state index contributed by atoms with van der Waals surface area (Å²) in [5.74, 6) is -0.808. The fourth-order valence-corrected chi connectivity index (χ4v) is 6.02. The Morgan fingerprint density at radius 2 is 1.78 bits per heavy atom. The standard InChI is InChI=1S/C31H29FN6O2S/c1-20-12-13-26-24(16-20)28-29(38(26)18-22-8-4-3-5-9-22)33-31(35-34-28)41-19-27(39)36-14-15-37(21(2)17-36)30(40)23-10-6-7-11-25(23)32/h3-13,16,21H,14-15,17-19H2,1-2H3. The SMILES string of the molecule is Cc1ccc2c(c1)c1nnc(SCC(=O)N3CCN(C(=O)c4ccccc4F)C(C)C3)nc1n2Cc1ccccc1. The third-order valence-electron chi connectivity index (χ3n) is 7.46. The van der Waals surface area contributed by atoms with E-state index in [2.05, 4.69) is 45.1 Å². The summed E-state index contributed by atoms with van der Waals surface area (Å²) >= 11 is 1.25. The van der Waals surface area contributed by atoms with Gasteiger partial charge in [-0.1, -0.05) is 65.9 Å². The topological polar surface area (TPSA) is 84.2 Å². The van der Waals surface area contributed by atoms with Crippen molar-refractivity contribution >= 4 is 45.6 Å². The monoisotopic (exact) mass is 568 g/mol. The zero-order valence-electron chi connectivity index (χ0n) is 22.8. The van der Waals surface area contributed by atoms with Crippen LogP contribution in [0.5, 0.6) is 0 Å². The van der Waals surface area contributed by atoms with Gasteiger partial charge < -0.3 is 14.4 Å². The van der Waals surface area contributed by atoms with E-state index in [9.17, 15) is 14.0 Å². The average Bonchev–Trinajstić information content (AvgIpc) is 3.28. The van der Waals surface area contributed by atoms with Gasteiger partial charge >= 0.3 is 0 Å². The molecule has 0 radical (unpaired) electrons. The number of fused-ring (bicyclic) bond motifs is 3. The number of aromatic nitrogens is 4. The second kappa shape index (κ2) is 11.3. The van der Waals surface area contributed by atoms with Crippen molar-refractivity contribution in [3.05, 3.63) is 95.3 Å². The first kappa shape index (κ1) is 26.9. The van der Waals surface area contributed by atoms with Crippen molar-refractivity contribution in [2.75, 3.05) is 25.4 Å². The molecule has 3 heterocycles. The number of amides is 2. The highest BCUT2D eigenvalue weighted by molar-refractivity contribution is 7.99. The molecule has 208 valence electrons. The van der Waals surface area contributed by atoms with Crippen molar-refractivity contribution in [2.45, 2.75) is 31.6 Å². The zero-order chi connectivity index (χ0) is 28.5. The Morgan fingerprint density at radius 3 is 2.56 bits per heavy atom. The normalized spacial score (nSPS) is 15.5. The molecule has 0 bridgehead atoms. The van der Waals surface area contributed by atoms with E-state index in [1.165, 1.54) is 23.9 Å². The number of rotatable bonds is 6. The van der Waals surface area contributed by atoms with E-state index in [4.69, 9.17) is 4.98 Å². The van der Waals surface area contributed by atoms with Gasteiger partial charge in [0.15, 0.2) is 5.65 Å². The van der Waals surface area contributed by atoms with Crippen LogP contribution in [0.4, 0.5) is 4.39 Å². The van der Waals surface area contributed by atoms with Gasteiger partial charge in [-0.2, -0.15) is 0 Å². The smallest absolute Gasteiger partial charge is 0.257 e. The lowest BCUT2D eigenvalue weighted by Gasteiger charge is -2.40. The molecule has 1 aliphatic rings. The number of carbonyl (C=O) groups is 2.